The Bertz CT molecular complexity index is 1270. The molecule has 1 heterocycles. The summed E-state index contributed by atoms with van der Waals surface area (Å²) in [5.41, 5.74) is 1.62. The van der Waals surface area contributed by atoms with Gasteiger partial charge < -0.3 is 9.47 Å². The number of nitrogens with zero attached hydrogens (tertiary/aromatic N) is 2. The third-order valence-electron chi connectivity index (χ3n) is 4.53. The Morgan fingerprint density at radius 3 is 2.62 bits per heavy atom. The molecule has 0 atom stereocenters. The summed E-state index contributed by atoms with van der Waals surface area (Å²) in [6.07, 6.45) is 1.54. The number of nitro benzene ring substituents is 1. The molecule has 32 heavy (non-hydrogen) atoms. The average Bonchev–Trinajstić information content (AvgIpc) is 3.14. The molecule has 0 unspecified atom stereocenters. The van der Waals surface area contributed by atoms with E-state index >= 15 is 0 Å². The van der Waals surface area contributed by atoms with Crippen molar-refractivity contribution < 1.29 is 19.2 Å². The first kappa shape index (κ1) is 21.7. The summed E-state index contributed by atoms with van der Waals surface area (Å²) < 4.78 is 12.1. The highest BCUT2D eigenvalue weighted by Gasteiger charge is 2.27. The summed E-state index contributed by atoms with van der Waals surface area (Å²) in [5, 5.41) is 11.2. The van der Waals surface area contributed by atoms with Gasteiger partial charge in [-0.25, -0.2) is 9.79 Å². The number of cyclic esters (lactones) is 1. The van der Waals surface area contributed by atoms with Crippen LogP contribution in [0.4, 0.5) is 5.69 Å². The van der Waals surface area contributed by atoms with Crippen molar-refractivity contribution in [1.82, 2.24) is 0 Å². The number of hydrogen-bond donors (Lipinski definition) is 0. The van der Waals surface area contributed by atoms with Crippen LogP contribution in [0, 0.1) is 10.1 Å². The van der Waals surface area contributed by atoms with Gasteiger partial charge in [-0.15, -0.1) is 0 Å². The van der Waals surface area contributed by atoms with E-state index in [-0.39, 0.29) is 27.9 Å². The molecule has 0 amide bonds. The van der Waals surface area contributed by atoms with E-state index < -0.39 is 10.9 Å². The van der Waals surface area contributed by atoms with Gasteiger partial charge >= 0.3 is 5.97 Å². The summed E-state index contributed by atoms with van der Waals surface area (Å²) in [7, 11) is 0. The topological polar surface area (TPSA) is 91.0 Å². The Morgan fingerprint density at radius 1 is 1.12 bits per heavy atom. The van der Waals surface area contributed by atoms with Gasteiger partial charge in [0, 0.05) is 22.2 Å². The zero-order valence-corrected chi connectivity index (χ0v) is 18.7. The second-order valence-corrected chi connectivity index (χ2v) is 8.03. The summed E-state index contributed by atoms with van der Waals surface area (Å²) in [5.74, 6) is -0.221. The first-order chi connectivity index (χ1) is 15.4. The fourth-order valence-corrected chi connectivity index (χ4v) is 3.40. The Kier molecular flexibility index (Phi) is 6.34. The van der Waals surface area contributed by atoms with Gasteiger partial charge in [0.2, 0.25) is 5.90 Å². The number of carbonyl (C=O) groups is 1. The lowest BCUT2D eigenvalue weighted by Crippen LogP contribution is -2.06. The quantitative estimate of drug-likeness (QED) is 0.176. The fourth-order valence-electron chi connectivity index (χ4n) is 2.94. The lowest BCUT2D eigenvalue weighted by molar-refractivity contribution is -0.384. The minimum absolute atomic E-state index is 0.0299. The highest BCUT2D eigenvalue weighted by molar-refractivity contribution is 9.10. The maximum Gasteiger partial charge on any atom is 0.363 e. The van der Waals surface area contributed by atoms with Crippen LogP contribution in [0.15, 0.2) is 81.9 Å². The van der Waals surface area contributed by atoms with Crippen LogP contribution < -0.4 is 4.74 Å². The van der Waals surface area contributed by atoms with Gasteiger partial charge in [0.25, 0.3) is 5.69 Å². The number of carbonyl (C=O) groups excluding carboxylic acids is 1. The Hall–Kier alpha value is -3.49. The number of benzene rings is 3. The molecule has 4 rings (SSSR count). The molecule has 0 radical (unpaired) electrons. The number of hydrogen-bond acceptors (Lipinski definition) is 6. The van der Waals surface area contributed by atoms with Crippen LogP contribution in [0.5, 0.6) is 5.75 Å². The summed E-state index contributed by atoms with van der Waals surface area (Å²) in [6.45, 7) is 0.343. The van der Waals surface area contributed by atoms with Gasteiger partial charge in [-0.1, -0.05) is 57.9 Å². The van der Waals surface area contributed by atoms with Crippen molar-refractivity contribution in [2.45, 2.75) is 6.61 Å². The predicted molar refractivity (Wildman–Crippen MR) is 124 cm³/mol. The van der Waals surface area contributed by atoms with Crippen LogP contribution in [-0.2, 0) is 16.1 Å². The molecule has 9 heteroatoms. The van der Waals surface area contributed by atoms with Crippen molar-refractivity contribution in [3.8, 4) is 5.75 Å². The molecule has 0 saturated heterocycles. The standard InChI is InChI=1S/C23H14BrClN2O5/c24-16-7-5-14(6-8-16)13-31-21-4-2-1-3-15(21)11-20-23(28)32-22(26-20)18-12-17(27(29)30)9-10-19(18)25/h1-12H,13H2/b20-11-. The largest absolute Gasteiger partial charge is 0.488 e. The highest BCUT2D eigenvalue weighted by Crippen LogP contribution is 2.29. The zero-order chi connectivity index (χ0) is 22.7. The zero-order valence-electron chi connectivity index (χ0n) is 16.3. The highest BCUT2D eigenvalue weighted by atomic mass is 79.9. The van der Waals surface area contributed by atoms with Gasteiger partial charge in [0.1, 0.15) is 12.4 Å². The van der Waals surface area contributed by atoms with Gasteiger partial charge in [0.15, 0.2) is 5.70 Å². The molecule has 0 fully saturated rings. The lowest BCUT2D eigenvalue weighted by Gasteiger charge is -2.09. The molecule has 3 aromatic rings. The fraction of sp³-hybridized carbons (Fsp3) is 0.0435. The number of aliphatic imine (C=N–C) groups is 1. The maximum absolute atomic E-state index is 12.4. The molecular weight excluding hydrogens is 500 g/mol. The molecular formula is C23H14BrClN2O5. The molecule has 1 aliphatic heterocycles. The second kappa shape index (κ2) is 9.33. The maximum atomic E-state index is 12.4. The molecule has 0 aliphatic carbocycles. The van der Waals surface area contributed by atoms with Gasteiger partial charge in [-0.05, 0) is 35.9 Å². The summed E-state index contributed by atoms with van der Waals surface area (Å²) in [6, 6.07) is 18.8. The first-order valence-corrected chi connectivity index (χ1v) is 10.5. The van der Waals surface area contributed by atoms with E-state index in [9.17, 15) is 14.9 Å². The number of nitro groups is 1. The molecule has 3 aromatic carbocycles. The monoisotopic (exact) mass is 512 g/mol. The van der Waals surface area contributed by atoms with E-state index in [2.05, 4.69) is 20.9 Å². The van der Waals surface area contributed by atoms with Crippen molar-refractivity contribution in [1.29, 1.82) is 0 Å². The third-order valence-corrected chi connectivity index (χ3v) is 5.39. The molecule has 0 N–H and O–H groups in total. The number of ether oxygens (including phenoxy) is 2. The molecule has 0 saturated carbocycles. The predicted octanol–water partition coefficient (Wildman–Crippen LogP) is 5.93. The van der Waals surface area contributed by atoms with Crippen LogP contribution in [0.1, 0.15) is 16.7 Å². The summed E-state index contributed by atoms with van der Waals surface area (Å²) >= 11 is 9.53. The number of non-ortho nitro benzene ring substituents is 1. The molecule has 0 spiro atoms. The molecule has 1 aliphatic rings. The minimum atomic E-state index is -0.690. The molecule has 7 nitrogen and oxygen atoms in total. The van der Waals surface area contributed by atoms with Crippen molar-refractivity contribution in [2.75, 3.05) is 0 Å². The first-order valence-electron chi connectivity index (χ1n) is 9.34. The van der Waals surface area contributed by atoms with Crippen LogP contribution in [0.25, 0.3) is 6.08 Å². The average molecular weight is 514 g/mol. The van der Waals surface area contributed by atoms with Crippen molar-refractivity contribution in [3.63, 3.8) is 0 Å². The van der Waals surface area contributed by atoms with Gasteiger partial charge in [0.05, 0.1) is 15.5 Å². The summed E-state index contributed by atoms with van der Waals surface area (Å²) in [4.78, 5) is 27.1. The normalized spacial score (nSPS) is 14.2. The van der Waals surface area contributed by atoms with E-state index in [0.717, 1.165) is 10.0 Å². The van der Waals surface area contributed by atoms with Crippen molar-refractivity contribution >= 4 is 51.2 Å². The van der Waals surface area contributed by atoms with Gasteiger partial charge in [-0.2, -0.15) is 0 Å². The third kappa shape index (κ3) is 4.87. The van der Waals surface area contributed by atoms with Crippen molar-refractivity contribution in [3.05, 3.63) is 109 Å². The van der Waals surface area contributed by atoms with E-state index in [1.54, 1.807) is 18.2 Å². The van der Waals surface area contributed by atoms with Crippen LogP contribution in [0.3, 0.4) is 0 Å². The number of rotatable bonds is 6. The SMILES string of the molecule is O=C1OC(c2cc([N+](=O)[O-])ccc2Cl)=N/C1=C\c1ccccc1OCc1ccc(Br)cc1. The number of esters is 1. The van der Waals surface area contributed by atoms with Crippen LogP contribution in [-0.4, -0.2) is 16.8 Å². The number of halogens is 2. The number of para-hydroxylation sites is 1. The van der Waals surface area contributed by atoms with E-state index in [1.165, 1.54) is 24.3 Å². The lowest BCUT2D eigenvalue weighted by atomic mass is 10.1. The minimum Gasteiger partial charge on any atom is -0.488 e. The molecule has 0 bridgehead atoms. The van der Waals surface area contributed by atoms with Crippen LogP contribution in [0.2, 0.25) is 5.02 Å². The van der Waals surface area contributed by atoms with Gasteiger partial charge in [-0.3, -0.25) is 10.1 Å². The second-order valence-electron chi connectivity index (χ2n) is 6.71. The van der Waals surface area contributed by atoms with Crippen molar-refractivity contribution in [2.24, 2.45) is 4.99 Å². The Balaban J connectivity index is 1.61. The van der Waals surface area contributed by atoms with E-state index in [4.69, 9.17) is 21.1 Å². The molecule has 0 aromatic heterocycles. The van der Waals surface area contributed by atoms with E-state index in [1.807, 2.05) is 30.3 Å². The molecule has 160 valence electrons. The van der Waals surface area contributed by atoms with E-state index in [0.29, 0.717) is 17.9 Å². The Labute approximate surface area is 196 Å². The smallest absolute Gasteiger partial charge is 0.363 e. The van der Waals surface area contributed by atoms with Crippen LogP contribution >= 0.6 is 27.5 Å². The Morgan fingerprint density at radius 2 is 1.88 bits per heavy atom.